The Bertz CT molecular complexity index is 399. The van der Waals surface area contributed by atoms with E-state index in [-0.39, 0.29) is 18.4 Å². The predicted octanol–water partition coefficient (Wildman–Crippen LogP) is 2.48. The van der Waals surface area contributed by atoms with Crippen molar-refractivity contribution in [3.05, 3.63) is 24.0 Å². The van der Waals surface area contributed by atoms with E-state index in [9.17, 15) is 9.90 Å². The molecule has 0 spiro atoms. The average Bonchev–Trinajstić information content (AvgIpc) is 2.68. The van der Waals surface area contributed by atoms with Gasteiger partial charge in [0, 0.05) is 17.7 Å². The molecule has 18 heavy (non-hydrogen) atoms. The molecular formula is C14H20N2O2. The number of rotatable bonds is 3. The second-order valence-corrected chi connectivity index (χ2v) is 4.87. The van der Waals surface area contributed by atoms with Crippen molar-refractivity contribution in [2.45, 2.75) is 45.1 Å². The van der Waals surface area contributed by atoms with Gasteiger partial charge in [0.25, 0.3) is 0 Å². The fourth-order valence-corrected chi connectivity index (χ4v) is 2.45. The standard InChI is InChI=1S/C14H20N2O2/c17-10-12-7-8-15-9-13(12)16-14(18)11-5-3-1-2-4-6-11/h7-9,11,17H,1-6,10H2,(H,16,18). The van der Waals surface area contributed by atoms with E-state index < -0.39 is 0 Å². The van der Waals surface area contributed by atoms with Crippen LogP contribution < -0.4 is 5.32 Å². The molecule has 1 fully saturated rings. The minimum absolute atomic E-state index is 0.0691. The van der Waals surface area contributed by atoms with E-state index in [0.717, 1.165) is 25.7 Å². The van der Waals surface area contributed by atoms with E-state index in [4.69, 9.17) is 0 Å². The molecule has 0 aliphatic heterocycles. The molecule has 1 saturated carbocycles. The summed E-state index contributed by atoms with van der Waals surface area (Å²) >= 11 is 0. The summed E-state index contributed by atoms with van der Waals surface area (Å²) in [5, 5.41) is 12.1. The van der Waals surface area contributed by atoms with Gasteiger partial charge in [-0.25, -0.2) is 0 Å². The van der Waals surface area contributed by atoms with Crippen LogP contribution in [-0.2, 0) is 11.4 Å². The van der Waals surface area contributed by atoms with Gasteiger partial charge in [0.1, 0.15) is 0 Å². The summed E-state index contributed by atoms with van der Waals surface area (Å²) in [5.74, 6) is 0.179. The number of hydrogen-bond donors (Lipinski definition) is 2. The molecule has 0 saturated heterocycles. The van der Waals surface area contributed by atoms with Crippen LogP contribution >= 0.6 is 0 Å². The van der Waals surface area contributed by atoms with Crippen molar-refractivity contribution >= 4 is 11.6 Å². The Morgan fingerprint density at radius 3 is 2.72 bits per heavy atom. The van der Waals surface area contributed by atoms with Crippen LogP contribution in [0.15, 0.2) is 18.5 Å². The second kappa shape index (κ2) is 6.50. The number of aliphatic hydroxyl groups is 1. The third kappa shape index (κ3) is 3.29. The molecule has 4 heteroatoms. The zero-order chi connectivity index (χ0) is 12.8. The van der Waals surface area contributed by atoms with Crippen molar-refractivity contribution < 1.29 is 9.90 Å². The molecule has 0 atom stereocenters. The third-order valence-electron chi connectivity index (χ3n) is 3.57. The largest absolute Gasteiger partial charge is 0.392 e. The van der Waals surface area contributed by atoms with Crippen molar-refractivity contribution in [2.75, 3.05) is 5.32 Å². The lowest BCUT2D eigenvalue weighted by molar-refractivity contribution is -0.120. The normalized spacial score (nSPS) is 17.2. The fraction of sp³-hybridized carbons (Fsp3) is 0.571. The number of amides is 1. The molecule has 0 radical (unpaired) electrons. The summed E-state index contributed by atoms with van der Waals surface area (Å²) in [7, 11) is 0. The van der Waals surface area contributed by atoms with Gasteiger partial charge in [-0.3, -0.25) is 9.78 Å². The van der Waals surface area contributed by atoms with E-state index in [0.29, 0.717) is 11.3 Å². The zero-order valence-electron chi connectivity index (χ0n) is 10.6. The summed E-state index contributed by atoms with van der Waals surface area (Å²) in [4.78, 5) is 16.2. The van der Waals surface area contributed by atoms with Crippen molar-refractivity contribution in [2.24, 2.45) is 5.92 Å². The first-order valence-electron chi connectivity index (χ1n) is 6.66. The van der Waals surface area contributed by atoms with Crippen molar-refractivity contribution in [3.8, 4) is 0 Å². The summed E-state index contributed by atoms with van der Waals surface area (Å²) in [6, 6.07) is 1.72. The first kappa shape index (κ1) is 13.0. The molecule has 4 nitrogen and oxygen atoms in total. The van der Waals surface area contributed by atoms with Crippen LogP contribution in [0.25, 0.3) is 0 Å². The summed E-state index contributed by atoms with van der Waals surface area (Å²) < 4.78 is 0. The monoisotopic (exact) mass is 248 g/mol. The highest BCUT2D eigenvalue weighted by Gasteiger charge is 2.20. The molecule has 1 aliphatic rings. The first-order chi connectivity index (χ1) is 8.81. The van der Waals surface area contributed by atoms with Gasteiger partial charge >= 0.3 is 0 Å². The SMILES string of the molecule is O=C(Nc1cnccc1CO)C1CCCCCC1. The number of carbonyl (C=O) groups excluding carboxylic acids is 1. The smallest absolute Gasteiger partial charge is 0.227 e. The Kier molecular flexibility index (Phi) is 4.70. The van der Waals surface area contributed by atoms with Crippen LogP contribution in [0.4, 0.5) is 5.69 Å². The van der Waals surface area contributed by atoms with Crippen LogP contribution in [0, 0.1) is 5.92 Å². The van der Waals surface area contributed by atoms with E-state index in [1.807, 2.05) is 0 Å². The highest BCUT2D eigenvalue weighted by atomic mass is 16.3. The fourth-order valence-electron chi connectivity index (χ4n) is 2.45. The molecule has 1 heterocycles. The quantitative estimate of drug-likeness (QED) is 0.808. The van der Waals surface area contributed by atoms with Crippen LogP contribution in [0.3, 0.4) is 0 Å². The number of carbonyl (C=O) groups is 1. The van der Waals surface area contributed by atoms with E-state index in [1.54, 1.807) is 18.5 Å². The number of nitrogens with one attached hydrogen (secondary N) is 1. The van der Waals surface area contributed by atoms with Gasteiger partial charge in [-0.05, 0) is 18.9 Å². The van der Waals surface area contributed by atoms with Gasteiger partial charge in [0.15, 0.2) is 0 Å². The number of nitrogens with zero attached hydrogens (tertiary/aromatic N) is 1. The lowest BCUT2D eigenvalue weighted by Gasteiger charge is -2.15. The number of aliphatic hydroxyl groups excluding tert-OH is 1. The molecule has 2 rings (SSSR count). The Labute approximate surface area is 107 Å². The lowest BCUT2D eigenvalue weighted by atomic mass is 9.99. The summed E-state index contributed by atoms with van der Waals surface area (Å²) in [6.07, 6.45) is 9.90. The number of hydrogen-bond acceptors (Lipinski definition) is 3. The maximum Gasteiger partial charge on any atom is 0.227 e. The second-order valence-electron chi connectivity index (χ2n) is 4.87. The van der Waals surface area contributed by atoms with Gasteiger partial charge in [-0.2, -0.15) is 0 Å². The molecule has 0 unspecified atom stereocenters. The van der Waals surface area contributed by atoms with Gasteiger partial charge in [0.2, 0.25) is 5.91 Å². The topological polar surface area (TPSA) is 62.2 Å². The van der Waals surface area contributed by atoms with Crippen molar-refractivity contribution in [3.63, 3.8) is 0 Å². The van der Waals surface area contributed by atoms with Crippen LogP contribution in [0.2, 0.25) is 0 Å². The average molecular weight is 248 g/mol. The molecule has 1 aromatic rings. The predicted molar refractivity (Wildman–Crippen MR) is 70.0 cm³/mol. The Morgan fingerprint density at radius 2 is 2.06 bits per heavy atom. The molecule has 1 amide bonds. The molecule has 98 valence electrons. The van der Waals surface area contributed by atoms with Crippen LogP contribution in [0.1, 0.15) is 44.1 Å². The number of anilines is 1. The molecular weight excluding hydrogens is 228 g/mol. The minimum atomic E-state index is -0.0806. The molecule has 0 aromatic carbocycles. The van der Waals surface area contributed by atoms with Crippen LogP contribution in [-0.4, -0.2) is 16.0 Å². The Morgan fingerprint density at radius 1 is 1.33 bits per heavy atom. The van der Waals surface area contributed by atoms with E-state index in [2.05, 4.69) is 10.3 Å². The van der Waals surface area contributed by atoms with Gasteiger partial charge in [-0.15, -0.1) is 0 Å². The number of pyridine rings is 1. The summed E-state index contributed by atoms with van der Waals surface area (Å²) in [6.45, 7) is -0.0806. The molecule has 1 aromatic heterocycles. The van der Waals surface area contributed by atoms with E-state index >= 15 is 0 Å². The van der Waals surface area contributed by atoms with Gasteiger partial charge in [-0.1, -0.05) is 25.7 Å². The number of aromatic nitrogens is 1. The van der Waals surface area contributed by atoms with Gasteiger partial charge < -0.3 is 10.4 Å². The Hall–Kier alpha value is -1.42. The van der Waals surface area contributed by atoms with Crippen LogP contribution in [0.5, 0.6) is 0 Å². The van der Waals surface area contributed by atoms with Crippen molar-refractivity contribution in [1.29, 1.82) is 0 Å². The maximum absolute atomic E-state index is 12.2. The minimum Gasteiger partial charge on any atom is -0.392 e. The lowest BCUT2D eigenvalue weighted by Crippen LogP contribution is -2.23. The zero-order valence-corrected chi connectivity index (χ0v) is 10.6. The first-order valence-corrected chi connectivity index (χ1v) is 6.66. The molecule has 1 aliphatic carbocycles. The maximum atomic E-state index is 12.2. The molecule has 0 bridgehead atoms. The molecule has 2 N–H and O–H groups in total. The van der Waals surface area contributed by atoms with Crippen molar-refractivity contribution in [1.82, 2.24) is 4.98 Å². The van der Waals surface area contributed by atoms with Gasteiger partial charge in [0.05, 0.1) is 18.5 Å². The summed E-state index contributed by atoms with van der Waals surface area (Å²) in [5.41, 5.74) is 1.35. The highest BCUT2D eigenvalue weighted by Crippen LogP contribution is 2.24. The third-order valence-corrected chi connectivity index (χ3v) is 3.57. The van der Waals surface area contributed by atoms with E-state index in [1.165, 1.54) is 12.8 Å². The highest BCUT2D eigenvalue weighted by molar-refractivity contribution is 5.93. The Balaban J connectivity index is 2.01.